The van der Waals surface area contributed by atoms with Crippen LogP contribution in [0.15, 0.2) is 59.1 Å². The minimum absolute atomic E-state index is 0.646. The number of nitrogens with one attached hydrogen (secondary N) is 2. The van der Waals surface area contributed by atoms with Crippen LogP contribution in [0.3, 0.4) is 0 Å². The van der Waals surface area contributed by atoms with Crippen LogP contribution < -0.4 is 0 Å². The van der Waals surface area contributed by atoms with Gasteiger partial charge in [-0.2, -0.15) is 0 Å². The van der Waals surface area contributed by atoms with E-state index in [4.69, 9.17) is 22.4 Å². The summed E-state index contributed by atoms with van der Waals surface area (Å²) in [6, 6.07) is 18.6. The summed E-state index contributed by atoms with van der Waals surface area (Å²) in [5, 5.41) is 19.3. The standard InChI is InChI=1S/C13H12BrNS.C10H12ClNS/c1-9(15)16-8-11-7-6-10-4-2-3-5-12(10)13(11)14;1-7-5-9(3-4-10(7)11)6-13-8(2)12/h2-7,15H,8H2,1H3;3-5,12H,6H2,1-2H3. The summed E-state index contributed by atoms with van der Waals surface area (Å²) in [5.74, 6) is 1.70. The van der Waals surface area contributed by atoms with Crippen LogP contribution in [0.1, 0.15) is 30.5 Å². The van der Waals surface area contributed by atoms with Crippen LogP contribution in [-0.2, 0) is 11.5 Å². The molecule has 3 aromatic rings. The highest BCUT2D eigenvalue weighted by atomic mass is 79.9. The summed E-state index contributed by atoms with van der Waals surface area (Å²) in [6.07, 6.45) is 0. The molecule has 0 aliphatic heterocycles. The maximum absolute atomic E-state index is 7.42. The van der Waals surface area contributed by atoms with Crippen LogP contribution in [0.5, 0.6) is 0 Å². The normalized spacial score (nSPS) is 10.4. The minimum Gasteiger partial charge on any atom is -0.299 e. The Morgan fingerprint density at radius 3 is 2.24 bits per heavy atom. The molecular formula is C23H24BrClN2S2. The number of thioether (sulfide) groups is 2. The number of benzene rings is 3. The molecular weight excluding hydrogens is 484 g/mol. The Balaban J connectivity index is 0.000000212. The fourth-order valence-electron chi connectivity index (χ4n) is 2.56. The summed E-state index contributed by atoms with van der Waals surface area (Å²) in [6.45, 7) is 5.61. The van der Waals surface area contributed by atoms with Crippen molar-refractivity contribution < 1.29 is 0 Å². The zero-order valence-corrected chi connectivity index (χ0v) is 20.7. The smallest absolute Gasteiger partial charge is 0.0613 e. The number of halogens is 2. The van der Waals surface area contributed by atoms with Gasteiger partial charge in [0.25, 0.3) is 0 Å². The lowest BCUT2D eigenvalue weighted by Gasteiger charge is -2.07. The summed E-state index contributed by atoms with van der Waals surface area (Å²) in [4.78, 5) is 0. The lowest BCUT2D eigenvalue weighted by Crippen LogP contribution is -1.87. The van der Waals surface area contributed by atoms with Gasteiger partial charge < -0.3 is 0 Å². The first-order chi connectivity index (χ1) is 13.8. The van der Waals surface area contributed by atoms with E-state index in [1.165, 1.54) is 33.7 Å². The Kier molecular flexibility index (Phi) is 9.76. The fraction of sp³-hybridized carbons (Fsp3) is 0.217. The summed E-state index contributed by atoms with van der Waals surface area (Å²) < 4.78 is 1.15. The third-order valence-electron chi connectivity index (χ3n) is 4.07. The molecule has 0 bridgehead atoms. The molecule has 0 atom stereocenters. The molecule has 0 radical (unpaired) electrons. The van der Waals surface area contributed by atoms with Gasteiger partial charge in [0, 0.05) is 21.0 Å². The zero-order valence-electron chi connectivity index (χ0n) is 16.7. The van der Waals surface area contributed by atoms with E-state index in [1.807, 2.05) is 38.1 Å². The average molecular weight is 508 g/mol. The molecule has 0 aliphatic rings. The maximum atomic E-state index is 7.42. The number of rotatable bonds is 4. The van der Waals surface area contributed by atoms with E-state index in [1.54, 1.807) is 18.7 Å². The first-order valence-corrected chi connectivity index (χ1v) is 12.2. The van der Waals surface area contributed by atoms with Gasteiger partial charge in [0.05, 0.1) is 10.1 Å². The molecule has 2 N–H and O–H groups in total. The minimum atomic E-state index is 0.646. The van der Waals surface area contributed by atoms with Crippen LogP contribution in [0.4, 0.5) is 0 Å². The van der Waals surface area contributed by atoms with Gasteiger partial charge >= 0.3 is 0 Å². The molecule has 0 saturated heterocycles. The first-order valence-electron chi connectivity index (χ1n) is 9.05. The Bertz CT molecular complexity index is 1020. The van der Waals surface area contributed by atoms with Crippen molar-refractivity contribution >= 4 is 71.9 Å². The second-order valence-corrected chi connectivity index (χ2v) is 10.1. The first kappa shape index (κ1) is 24.0. The Hall–Kier alpha value is -1.27. The molecule has 0 unspecified atom stereocenters. The van der Waals surface area contributed by atoms with E-state index in [9.17, 15) is 0 Å². The van der Waals surface area contributed by atoms with Crippen molar-refractivity contribution in [3.8, 4) is 0 Å². The zero-order chi connectivity index (χ0) is 21.4. The Labute approximate surface area is 195 Å². The highest BCUT2D eigenvalue weighted by Crippen LogP contribution is 2.30. The van der Waals surface area contributed by atoms with Crippen molar-refractivity contribution in [2.24, 2.45) is 0 Å². The van der Waals surface area contributed by atoms with Gasteiger partial charge in [0.15, 0.2) is 0 Å². The van der Waals surface area contributed by atoms with Crippen molar-refractivity contribution in [1.82, 2.24) is 0 Å². The van der Waals surface area contributed by atoms with Gasteiger partial charge in [-0.05, 0) is 70.2 Å². The van der Waals surface area contributed by atoms with Gasteiger partial charge in [-0.3, -0.25) is 10.8 Å². The molecule has 0 heterocycles. The molecule has 0 saturated carbocycles. The number of aryl methyl sites for hydroxylation is 1. The predicted octanol–water partition coefficient (Wildman–Crippen LogP) is 8.71. The fourth-order valence-corrected chi connectivity index (χ4v) is 4.68. The molecule has 0 fully saturated rings. The average Bonchev–Trinajstić information content (AvgIpc) is 2.69. The van der Waals surface area contributed by atoms with Gasteiger partial charge in [-0.15, -0.1) is 23.5 Å². The largest absolute Gasteiger partial charge is 0.299 e. The lowest BCUT2D eigenvalue weighted by atomic mass is 10.1. The van der Waals surface area contributed by atoms with Crippen LogP contribution in [-0.4, -0.2) is 10.1 Å². The molecule has 29 heavy (non-hydrogen) atoms. The van der Waals surface area contributed by atoms with E-state index in [-0.39, 0.29) is 0 Å². The topological polar surface area (TPSA) is 47.7 Å². The Morgan fingerprint density at radius 2 is 1.59 bits per heavy atom. The molecule has 3 rings (SSSR count). The van der Waals surface area contributed by atoms with Gasteiger partial charge in [0.2, 0.25) is 0 Å². The van der Waals surface area contributed by atoms with Crippen LogP contribution in [0.25, 0.3) is 10.8 Å². The predicted molar refractivity (Wildman–Crippen MR) is 137 cm³/mol. The van der Waals surface area contributed by atoms with Gasteiger partial charge in [-0.25, -0.2) is 0 Å². The monoisotopic (exact) mass is 506 g/mol. The summed E-state index contributed by atoms with van der Waals surface area (Å²) in [7, 11) is 0. The second-order valence-electron chi connectivity index (χ2n) is 6.53. The maximum Gasteiger partial charge on any atom is 0.0613 e. The molecule has 0 aromatic heterocycles. The molecule has 3 aromatic carbocycles. The molecule has 2 nitrogen and oxygen atoms in total. The van der Waals surface area contributed by atoms with Crippen molar-refractivity contribution in [2.75, 3.05) is 0 Å². The van der Waals surface area contributed by atoms with E-state index in [0.29, 0.717) is 10.1 Å². The molecule has 0 aliphatic carbocycles. The molecule has 0 spiro atoms. The third-order valence-corrected chi connectivity index (χ3v) is 7.22. The lowest BCUT2D eigenvalue weighted by molar-refractivity contribution is 1.36. The van der Waals surface area contributed by atoms with E-state index >= 15 is 0 Å². The molecule has 6 heteroatoms. The quantitative estimate of drug-likeness (QED) is 0.274. The number of hydrogen-bond acceptors (Lipinski definition) is 4. The second kappa shape index (κ2) is 11.8. The molecule has 152 valence electrons. The Morgan fingerprint density at radius 1 is 0.931 bits per heavy atom. The van der Waals surface area contributed by atoms with Crippen LogP contribution in [0.2, 0.25) is 5.02 Å². The van der Waals surface area contributed by atoms with Crippen molar-refractivity contribution in [3.63, 3.8) is 0 Å². The van der Waals surface area contributed by atoms with Crippen molar-refractivity contribution in [1.29, 1.82) is 10.8 Å². The van der Waals surface area contributed by atoms with Crippen molar-refractivity contribution in [3.05, 3.63) is 80.8 Å². The van der Waals surface area contributed by atoms with Gasteiger partial charge in [0.1, 0.15) is 0 Å². The van der Waals surface area contributed by atoms with Gasteiger partial charge in [-0.1, -0.05) is 60.1 Å². The number of hydrogen-bond donors (Lipinski definition) is 2. The summed E-state index contributed by atoms with van der Waals surface area (Å²) >= 11 is 12.6. The number of fused-ring (bicyclic) bond motifs is 1. The van der Waals surface area contributed by atoms with E-state index in [2.05, 4.69) is 46.3 Å². The van der Waals surface area contributed by atoms with Crippen LogP contribution in [0, 0.1) is 17.7 Å². The van der Waals surface area contributed by atoms with Crippen LogP contribution >= 0.6 is 51.1 Å². The third kappa shape index (κ3) is 7.82. The van der Waals surface area contributed by atoms with E-state index in [0.717, 1.165) is 26.6 Å². The SMILES string of the molecule is CC(=N)SCc1ccc(Cl)c(C)c1.CC(=N)SCc1ccc2ccccc2c1Br. The molecule has 0 amide bonds. The van der Waals surface area contributed by atoms with E-state index < -0.39 is 0 Å². The highest BCUT2D eigenvalue weighted by Gasteiger charge is 2.05. The van der Waals surface area contributed by atoms with Crippen molar-refractivity contribution in [2.45, 2.75) is 32.3 Å². The highest BCUT2D eigenvalue weighted by molar-refractivity contribution is 9.10. The summed E-state index contributed by atoms with van der Waals surface area (Å²) in [5.41, 5.74) is 3.57.